The molecule has 0 amide bonds. The first-order valence-corrected chi connectivity index (χ1v) is 4.28. The van der Waals surface area contributed by atoms with Gasteiger partial charge in [-0.2, -0.15) is 0 Å². The molecule has 0 radical (unpaired) electrons. The third kappa shape index (κ3) is 3.17. The Morgan fingerprint density at radius 2 is 2.25 bits per heavy atom. The van der Waals surface area contributed by atoms with Crippen LogP contribution in [-0.4, -0.2) is 14.2 Å². The molecular weight excluding hydrogens is 194 g/mol. The van der Waals surface area contributed by atoms with Gasteiger partial charge < -0.3 is 0 Å². The maximum atomic E-state index is 10.4. The third-order valence-electron chi connectivity index (χ3n) is 0.455. The first kappa shape index (κ1) is 8.13. The lowest BCUT2D eigenvalue weighted by molar-refractivity contribution is 0.598. The zero-order chi connectivity index (χ0) is 6.62. The molecule has 0 unspecified atom stereocenters. The second-order valence-corrected chi connectivity index (χ2v) is 3.84. The number of nitrogens with one attached hydrogen (secondary N) is 1. The Kier molecular flexibility index (Phi) is 3.27. The summed E-state index contributed by atoms with van der Waals surface area (Å²) in [4.78, 5) is 0. The molecule has 0 aromatic heterocycles. The summed E-state index contributed by atoms with van der Waals surface area (Å²) in [5, 5.41) is 0. The van der Waals surface area contributed by atoms with Crippen molar-refractivity contribution >= 4 is 26.2 Å². The van der Waals surface area contributed by atoms with Crippen LogP contribution in [0, 0.1) is 0 Å². The largest absolute Gasteiger partial charge is 0.224 e. The fourth-order valence-electron chi connectivity index (χ4n) is 0.187. The number of halogens is 1. The van der Waals surface area contributed by atoms with Crippen molar-refractivity contribution < 1.29 is 8.42 Å². The molecular formula is C3H6BrNO2S. The molecule has 5 heteroatoms. The van der Waals surface area contributed by atoms with Gasteiger partial charge >= 0.3 is 0 Å². The van der Waals surface area contributed by atoms with E-state index in [4.69, 9.17) is 0 Å². The van der Waals surface area contributed by atoms with E-state index in [0.29, 0.717) is 0 Å². The second kappa shape index (κ2) is 3.21. The molecule has 0 atom stereocenters. The van der Waals surface area contributed by atoms with E-state index in [1.165, 1.54) is 6.08 Å². The normalized spacial score (nSPS) is 11.1. The standard InChI is InChI=1S/C3H6BrNO2S/c1-2-3-8(6,7)5-4/h2,5H,1,3H2. The minimum Gasteiger partial charge on any atom is -0.211 e. The van der Waals surface area contributed by atoms with Crippen LogP contribution in [0.4, 0.5) is 0 Å². The molecule has 0 bridgehead atoms. The minimum atomic E-state index is -3.12. The molecule has 0 fully saturated rings. The maximum Gasteiger partial charge on any atom is 0.224 e. The summed E-state index contributed by atoms with van der Waals surface area (Å²) in [6.45, 7) is 3.25. The zero-order valence-corrected chi connectivity index (χ0v) is 6.50. The summed E-state index contributed by atoms with van der Waals surface area (Å²) in [5.41, 5.74) is 0. The van der Waals surface area contributed by atoms with Crippen LogP contribution >= 0.6 is 16.1 Å². The molecule has 0 aromatic carbocycles. The summed E-state index contributed by atoms with van der Waals surface area (Å²) < 4.78 is 22.7. The predicted molar refractivity (Wildman–Crippen MR) is 36.0 cm³/mol. The van der Waals surface area contributed by atoms with Crippen LogP contribution in [0.1, 0.15) is 0 Å². The van der Waals surface area contributed by atoms with E-state index >= 15 is 0 Å². The van der Waals surface area contributed by atoms with E-state index < -0.39 is 10.0 Å². The smallest absolute Gasteiger partial charge is 0.211 e. The van der Waals surface area contributed by atoms with Gasteiger partial charge in [0.05, 0.1) is 5.75 Å². The fraction of sp³-hybridized carbons (Fsp3) is 0.333. The van der Waals surface area contributed by atoms with Crippen LogP contribution in [0.25, 0.3) is 0 Å². The summed E-state index contributed by atoms with van der Waals surface area (Å²) in [7, 11) is -3.12. The van der Waals surface area contributed by atoms with Crippen molar-refractivity contribution in [3.05, 3.63) is 12.7 Å². The van der Waals surface area contributed by atoms with Crippen molar-refractivity contribution in [1.29, 1.82) is 0 Å². The second-order valence-electron chi connectivity index (χ2n) is 1.15. The Bertz CT molecular complexity index is 162. The monoisotopic (exact) mass is 199 g/mol. The maximum absolute atomic E-state index is 10.4. The topological polar surface area (TPSA) is 46.2 Å². The fourth-order valence-corrected chi connectivity index (χ4v) is 0.956. The summed E-state index contributed by atoms with van der Waals surface area (Å²) in [5.74, 6) is -0.0573. The van der Waals surface area contributed by atoms with Crippen molar-refractivity contribution in [2.45, 2.75) is 0 Å². The van der Waals surface area contributed by atoms with E-state index in [2.05, 4.69) is 22.7 Å². The summed E-state index contributed by atoms with van der Waals surface area (Å²) in [6.07, 6.45) is 1.31. The average Bonchev–Trinajstić information content (AvgIpc) is 1.67. The Morgan fingerprint density at radius 3 is 2.38 bits per heavy atom. The molecule has 8 heavy (non-hydrogen) atoms. The molecule has 0 aliphatic carbocycles. The summed E-state index contributed by atoms with van der Waals surface area (Å²) in [6, 6.07) is 0. The minimum absolute atomic E-state index is 0.0573. The van der Waals surface area contributed by atoms with Crippen molar-refractivity contribution in [3.8, 4) is 0 Å². The number of hydrogen-bond acceptors (Lipinski definition) is 2. The van der Waals surface area contributed by atoms with E-state index in [1.54, 1.807) is 0 Å². The Balaban J connectivity index is 3.94. The highest BCUT2D eigenvalue weighted by Crippen LogP contribution is 1.85. The van der Waals surface area contributed by atoms with Gasteiger partial charge in [-0.25, -0.2) is 8.42 Å². The van der Waals surface area contributed by atoms with E-state index in [-0.39, 0.29) is 5.75 Å². The lowest BCUT2D eigenvalue weighted by atomic mass is 10.8. The van der Waals surface area contributed by atoms with Crippen molar-refractivity contribution in [2.24, 2.45) is 0 Å². The molecule has 0 aliphatic heterocycles. The highest BCUT2D eigenvalue weighted by Gasteiger charge is 2.01. The van der Waals surface area contributed by atoms with Crippen molar-refractivity contribution in [2.75, 3.05) is 5.75 Å². The van der Waals surface area contributed by atoms with Gasteiger partial charge in [0.2, 0.25) is 10.0 Å². The number of sulfonamides is 1. The Hall–Kier alpha value is 0.130. The lowest BCUT2D eigenvalue weighted by Crippen LogP contribution is -2.14. The van der Waals surface area contributed by atoms with Crippen LogP contribution in [-0.2, 0) is 10.0 Å². The van der Waals surface area contributed by atoms with Crippen LogP contribution in [0.5, 0.6) is 0 Å². The van der Waals surface area contributed by atoms with Crippen LogP contribution < -0.4 is 3.75 Å². The molecule has 0 saturated carbocycles. The van der Waals surface area contributed by atoms with E-state index in [9.17, 15) is 8.42 Å². The van der Waals surface area contributed by atoms with Gasteiger partial charge in [0.25, 0.3) is 0 Å². The van der Waals surface area contributed by atoms with E-state index in [0.717, 1.165) is 0 Å². The summed E-state index contributed by atoms with van der Waals surface area (Å²) >= 11 is 2.59. The molecule has 0 aliphatic rings. The molecule has 1 N–H and O–H groups in total. The number of hydrogen-bond donors (Lipinski definition) is 1. The molecule has 3 nitrogen and oxygen atoms in total. The first-order chi connectivity index (χ1) is 3.62. The highest BCUT2D eigenvalue weighted by molar-refractivity contribution is 9.09. The molecule has 0 spiro atoms. The lowest BCUT2D eigenvalue weighted by Gasteiger charge is -1.91. The van der Waals surface area contributed by atoms with Gasteiger partial charge in [0.15, 0.2) is 0 Å². The van der Waals surface area contributed by atoms with Gasteiger partial charge in [-0.3, -0.25) is 0 Å². The van der Waals surface area contributed by atoms with Crippen molar-refractivity contribution in [1.82, 2.24) is 3.75 Å². The first-order valence-electron chi connectivity index (χ1n) is 1.83. The Morgan fingerprint density at radius 1 is 1.75 bits per heavy atom. The quantitative estimate of drug-likeness (QED) is 0.529. The van der Waals surface area contributed by atoms with Crippen LogP contribution in [0.15, 0.2) is 12.7 Å². The Labute approximate surface area is 57.2 Å². The van der Waals surface area contributed by atoms with Gasteiger partial charge in [-0.1, -0.05) is 6.08 Å². The van der Waals surface area contributed by atoms with Crippen molar-refractivity contribution in [3.63, 3.8) is 0 Å². The predicted octanol–water partition coefficient (Wildman–Crippen LogP) is 0.402. The average molecular weight is 200 g/mol. The van der Waals surface area contributed by atoms with Crippen LogP contribution in [0.2, 0.25) is 0 Å². The van der Waals surface area contributed by atoms with Crippen LogP contribution in [0.3, 0.4) is 0 Å². The molecule has 0 aromatic rings. The third-order valence-corrected chi connectivity index (χ3v) is 2.84. The molecule has 48 valence electrons. The van der Waals surface area contributed by atoms with Gasteiger partial charge in [-0.15, -0.1) is 10.3 Å². The molecule has 0 heterocycles. The molecule has 0 rings (SSSR count). The molecule has 0 saturated heterocycles. The highest BCUT2D eigenvalue weighted by atomic mass is 79.9. The van der Waals surface area contributed by atoms with E-state index in [1.807, 2.05) is 3.75 Å². The van der Waals surface area contributed by atoms with Gasteiger partial charge in [0.1, 0.15) is 0 Å². The number of rotatable bonds is 3. The van der Waals surface area contributed by atoms with Gasteiger partial charge in [0, 0.05) is 16.1 Å². The zero-order valence-electron chi connectivity index (χ0n) is 4.09. The van der Waals surface area contributed by atoms with Gasteiger partial charge in [-0.05, 0) is 0 Å². The SMILES string of the molecule is C=CCS(=O)(=O)NBr.